The number of nitrogens with zero attached hydrogens (tertiary/aromatic N) is 2. The summed E-state index contributed by atoms with van der Waals surface area (Å²) in [7, 11) is 0. The number of nitrogens with one attached hydrogen (secondary N) is 1. The van der Waals surface area contributed by atoms with Gasteiger partial charge in [-0.3, -0.25) is 10.1 Å². The third kappa shape index (κ3) is 5.24. The molecule has 1 unspecified atom stereocenters. The fraction of sp³-hybridized carbons (Fsp3) is 0.632. The van der Waals surface area contributed by atoms with Gasteiger partial charge in [0.15, 0.2) is 10.0 Å². The van der Waals surface area contributed by atoms with Crippen molar-refractivity contribution in [2.45, 2.75) is 67.4 Å². The number of hydrogen-bond acceptors (Lipinski definition) is 6. The summed E-state index contributed by atoms with van der Waals surface area (Å²) in [6.07, 6.45) is 13.2. The van der Waals surface area contributed by atoms with Crippen molar-refractivity contribution in [1.29, 1.82) is 0 Å². The van der Waals surface area contributed by atoms with Gasteiger partial charge in [-0.1, -0.05) is 36.9 Å². The Morgan fingerprint density at radius 2 is 2.22 bits per heavy atom. The lowest BCUT2D eigenvalue weighted by Gasteiger charge is -2.33. The number of rotatable bonds is 8. The van der Waals surface area contributed by atoms with Crippen molar-refractivity contribution in [2.24, 2.45) is 0 Å². The monoisotopic (exact) mass is 407 g/mol. The van der Waals surface area contributed by atoms with Crippen LogP contribution in [0.2, 0.25) is 0 Å². The van der Waals surface area contributed by atoms with Gasteiger partial charge in [-0.25, -0.2) is 9.78 Å². The Morgan fingerprint density at radius 3 is 2.89 bits per heavy atom. The van der Waals surface area contributed by atoms with Gasteiger partial charge in [-0.2, -0.15) is 0 Å². The second kappa shape index (κ2) is 9.58. The van der Waals surface area contributed by atoms with E-state index >= 15 is 0 Å². The maximum absolute atomic E-state index is 12.4. The molecule has 1 aromatic heterocycles. The van der Waals surface area contributed by atoms with E-state index in [1.165, 1.54) is 47.7 Å². The molecular weight excluding hydrogens is 382 g/mol. The van der Waals surface area contributed by atoms with Crippen LogP contribution in [0.3, 0.4) is 0 Å². The number of terminal acetylenes is 1. The molecule has 2 fully saturated rings. The minimum Gasteiger partial charge on any atom is -0.476 e. The standard InChI is InChI=1S/C19H25N3O3S2/c1-2-14(20-13-6-4-3-5-7-13)16-8-9-17(23)22(16)10-11-26-19-21-15(12-27-19)18(24)25/h1,12-14,16,20H,3-11H2,(H,24,25)/t14?,16-/m1/s1. The molecule has 6 nitrogen and oxygen atoms in total. The maximum Gasteiger partial charge on any atom is 0.355 e. The van der Waals surface area contributed by atoms with Crippen LogP contribution in [0.15, 0.2) is 9.72 Å². The molecule has 146 valence electrons. The van der Waals surface area contributed by atoms with Crippen LogP contribution >= 0.6 is 23.1 Å². The first kappa shape index (κ1) is 20.2. The Balaban J connectivity index is 1.54. The van der Waals surface area contributed by atoms with Crippen LogP contribution in [0.5, 0.6) is 0 Å². The number of aromatic nitrogens is 1. The molecule has 3 rings (SSSR count). The molecule has 2 N–H and O–H groups in total. The van der Waals surface area contributed by atoms with E-state index in [1.54, 1.807) is 0 Å². The van der Waals surface area contributed by atoms with E-state index in [-0.39, 0.29) is 23.7 Å². The van der Waals surface area contributed by atoms with Crippen LogP contribution in [0.1, 0.15) is 55.4 Å². The summed E-state index contributed by atoms with van der Waals surface area (Å²) in [4.78, 5) is 29.2. The second-order valence-electron chi connectivity index (χ2n) is 6.99. The normalized spacial score (nSPS) is 22.0. The molecule has 1 saturated carbocycles. The third-order valence-corrected chi connectivity index (χ3v) is 7.22. The SMILES string of the molecule is C#CC(NC1CCCCC1)[C@H]1CCC(=O)N1CCSc1nc(C(=O)O)cs1. The van der Waals surface area contributed by atoms with Crippen molar-refractivity contribution in [3.8, 4) is 12.3 Å². The number of hydrogen-bond donors (Lipinski definition) is 2. The van der Waals surface area contributed by atoms with Gasteiger partial charge in [-0.05, 0) is 19.3 Å². The summed E-state index contributed by atoms with van der Waals surface area (Å²) in [6, 6.07) is 0.385. The lowest BCUT2D eigenvalue weighted by atomic mass is 9.94. The fourth-order valence-electron chi connectivity index (χ4n) is 3.84. The Bertz CT molecular complexity index is 709. The van der Waals surface area contributed by atoms with E-state index in [0.29, 0.717) is 29.1 Å². The number of thiazole rings is 1. The zero-order chi connectivity index (χ0) is 19.2. The molecule has 1 aliphatic heterocycles. The Kier molecular flexibility index (Phi) is 7.16. The summed E-state index contributed by atoms with van der Waals surface area (Å²) in [5, 5.41) is 14.1. The van der Waals surface area contributed by atoms with Crippen molar-refractivity contribution in [3.05, 3.63) is 11.1 Å². The fourth-order valence-corrected chi connectivity index (χ4v) is 5.65. The van der Waals surface area contributed by atoms with E-state index in [9.17, 15) is 9.59 Å². The molecule has 1 saturated heterocycles. The minimum absolute atomic E-state index is 0.0379. The Hall–Kier alpha value is -1.56. The van der Waals surface area contributed by atoms with Crippen molar-refractivity contribution in [3.63, 3.8) is 0 Å². The molecule has 2 aliphatic rings. The predicted octanol–water partition coefficient (Wildman–Crippen LogP) is 2.85. The summed E-state index contributed by atoms with van der Waals surface area (Å²) in [5.74, 6) is 2.69. The topological polar surface area (TPSA) is 82.5 Å². The van der Waals surface area contributed by atoms with E-state index in [0.717, 1.165) is 19.3 Å². The van der Waals surface area contributed by atoms with Gasteiger partial charge in [-0.15, -0.1) is 17.8 Å². The van der Waals surface area contributed by atoms with Gasteiger partial charge >= 0.3 is 5.97 Å². The van der Waals surface area contributed by atoms with Crippen LogP contribution in [-0.4, -0.2) is 57.3 Å². The van der Waals surface area contributed by atoms with Gasteiger partial charge in [0, 0.05) is 30.1 Å². The quantitative estimate of drug-likeness (QED) is 0.509. The molecule has 0 aromatic carbocycles. The number of carbonyl (C=O) groups is 2. The van der Waals surface area contributed by atoms with Gasteiger partial charge < -0.3 is 10.0 Å². The van der Waals surface area contributed by atoms with Crippen molar-refractivity contribution < 1.29 is 14.7 Å². The molecular formula is C19H25N3O3S2. The molecule has 2 heterocycles. The van der Waals surface area contributed by atoms with Crippen molar-refractivity contribution in [1.82, 2.24) is 15.2 Å². The van der Waals surface area contributed by atoms with Gasteiger partial charge in [0.2, 0.25) is 5.91 Å². The Morgan fingerprint density at radius 1 is 1.44 bits per heavy atom. The maximum atomic E-state index is 12.4. The highest BCUT2D eigenvalue weighted by molar-refractivity contribution is 8.01. The number of likely N-dealkylation sites (tertiary alicyclic amines) is 1. The summed E-state index contributed by atoms with van der Waals surface area (Å²) in [6.45, 7) is 0.598. The number of amides is 1. The molecule has 0 spiro atoms. The average molecular weight is 408 g/mol. The van der Waals surface area contributed by atoms with Crippen LogP contribution in [-0.2, 0) is 4.79 Å². The summed E-state index contributed by atoms with van der Waals surface area (Å²) in [5.41, 5.74) is 0.0710. The van der Waals surface area contributed by atoms with E-state index < -0.39 is 5.97 Å². The first-order valence-electron chi connectivity index (χ1n) is 9.41. The highest BCUT2D eigenvalue weighted by Gasteiger charge is 2.36. The van der Waals surface area contributed by atoms with Crippen LogP contribution in [0, 0.1) is 12.3 Å². The number of carboxylic acid groups (broad SMARTS) is 1. The highest BCUT2D eigenvalue weighted by Crippen LogP contribution is 2.27. The van der Waals surface area contributed by atoms with Gasteiger partial charge in [0.1, 0.15) is 0 Å². The number of carbonyl (C=O) groups excluding carboxylic acids is 1. The first-order valence-corrected chi connectivity index (χ1v) is 11.3. The summed E-state index contributed by atoms with van der Waals surface area (Å²) >= 11 is 2.80. The molecule has 0 radical (unpaired) electrons. The molecule has 1 amide bonds. The van der Waals surface area contributed by atoms with Crippen LogP contribution in [0.25, 0.3) is 0 Å². The van der Waals surface area contributed by atoms with Crippen LogP contribution < -0.4 is 5.32 Å². The second-order valence-corrected chi connectivity index (χ2v) is 9.19. The molecule has 2 atom stereocenters. The zero-order valence-electron chi connectivity index (χ0n) is 15.2. The smallest absolute Gasteiger partial charge is 0.355 e. The number of thioether (sulfide) groups is 1. The predicted molar refractivity (Wildman–Crippen MR) is 107 cm³/mol. The summed E-state index contributed by atoms with van der Waals surface area (Å²) < 4.78 is 0.712. The van der Waals surface area contributed by atoms with Crippen molar-refractivity contribution in [2.75, 3.05) is 12.3 Å². The van der Waals surface area contributed by atoms with Gasteiger partial charge in [0.25, 0.3) is 0 Å². The first-order chi connectivity index (χ1) is 13.1. The van der Waals surface area contributed by atoms with Crippen molar-refractivity contribution >= 4 is 35.0 Å². The van der Waals surface area contributed by atoms with E-state index in [1.807, 2.05) is 4.90 Å². The number of carboxylic acids is 1. The van der Waals surface area contributed by atoms with Gasteiger partial charge in [0.05, 0.1) is 12.1 Å². The lowest BCUT2D eigenvalue weighted by molar-refractivity contribution is -0.128. The average Bonchev–Trinajstić information content (AvgIpc) is 3.28. The lowest BCUT2D eigenvalue weighted by Crippen LogP contribution is -2.51. The third-order valence-electron chi connectivity index (χ3n) is 5.22. The zero-order valence-corrected chi connectivity index (χ0v) is 16.9. The Labute approximate surface area is 168 Å². The van der Waals surface area contributed by atoms with E-state index in [4.69, 9.17) is 11.5 Å². The molecule has 0 bridgehead atoms. The van der Waals surface area contributed by atoms with Crippen LogP contribution in [0.4, 0.5) is 0 Å². The molecule has 27 heavy (non-hydrogen) atoms. The molecule has 1 aromatic rings. The highest BCUT2D eigenvalue weighted by atomic mass is 32.2. The van der Waals surface area contributed by atoms with E-state index in [2.05, 4.69) is 16.2 Å². The molecule has 8 heteroatoms. The largest absolute Gasteiger partial charge is 0.476 e. The minimum atomic E-state index is -1.02. The number of aromatic carboxylic acids is 1. The molecule has 1 aliphatic carbocycles.